The lowest BCUT2D eigenvalue weighted by Gasteiger charge is -2.21. The molecule has 0 saturated carbocycles. The van der Waals surface area contributed by atoms with Gasteiger partial charge in [0.25, 0.3) is 0 Å². The Morgan fingerprint density at radius 1 is 0.172 bits per heavy atom. The van der Waals surface area contributed by atoms with E-state index in [9.17, 15) is 0 Å². The molecule has 0 spiro atoms. The first-order valence-electron chi connectivity index (χ1n) is 20.1. The van der Waals surface area contributed by atoms with E-state index < -0.39 is 0 Å². The van der Waals surface area contributed by atoms with E-state index >= 15 is 0 Å². The highest BCUT2D eigenvalue weighted by Gasteiger charge is 2.20. The molecule has 11 aromatic carbocycles. The Balaban J connectivity index is 1.15. The molecule has 0 unspecified atom stereocenters. The van der Waals surface area contributed by atoms with E-state index in [4.69, 9.17) is 0 Å². The number of rotatable bonds is 6. The molecular weight excluding hydrogens is 697 g/mol. The molecule has 0 bridgehead atoms. The molecule has 270 valence electrons. The lowest BCUT2D eigenvalue weighted by Crippen LogP contribution is -1.94. The summed E-state index contributed by atoms with van der Waals surface area (Å²) in [6.45, 7) is 0. The van der Waals surface area contributed by atoms with Gasteiger partial charge < -0.3 is 0 Å². The van der Waals surface area contributed by atoms with Crippen molar-refractivity contribution >= 4 is 43.1 Å². The quantitative estimate of drug-likeness (QED) is 0.160. The highest BCUT2D eigenvalue weighted by atomic mass is 14.2. The van der Waals surface area contributed by atoms with E-state index in [0.29, 0.717) is 0 Å². The Morgan fingerprint density at radius 2 is 0.603 bits per heavy atom. The molecule has 0 amide bonds. The first kappa shape index (κ1) is 33.8. The third kappa shape index (κ3) is 5.95. The maximum Gasteiger partial charge on any atom is -0.00204 e. The van der Waals surface area contributed by atoms with Crippen molar-refractivity contribution in [3.05, 3.63) is 231 Å². The number of hydrogen-bond acceptors (Lipinski definition) is 0. The predicted molar refractivity (Wildman–Crippen MR) is 249 cm³/mol. The standard InChI is InChI=1S/C58H38/c1-2-16-42(17-3-1)57-52(49-23-10-21-45(37-49)47-29-27-39-13-4-6-18-43(39)35-47)31-34-56-55(57)33-32-53(58(56)54-26-12-20-41-15-8-9-25-51(41)54)50-24-11-22-46(38-50)48-30-28-40-14-5-7-19-44(40)36-48/h1-38H. The van der Waals surface area contributed by atoms with Crippen molar-refractivity contribution in [2.75, 3.05) is 0 Å². The Bertz CT molecular complexity index is 3330. The molecule has 0 nitrogen and oxygen atoms in total. The van der Waals surface area contributed by atoms with Gasteiger partial charge >= 0.3 is 0 Å². The van der Waals surface area contributed by atoms with E-state index in [-0.39, 0.29) is 0 Å². The highest BCUT2D eigenvalue weighted by molar-refractivity contribution is 6.16. The van der Waals surface area contributed by atoms with Crippen LogP contribution in [0.2, 0.25) is 0 Å². The van der Waals surface area contributed by atoms with Crippen LogP contribution in [0.25, 0.3) is 110 Å². The van der Waals surface area contributed by atoms with Gasteiger partial charge in [0.2, 0.25) is 0 Å². The Morgan fingerprint density at radius 3 is 1.22 bits per heavy atom. The molecule has 0 radical (unpaired) electrons. The Hall–Kier alpha value is -7.54. The molecule has 0 heterocycles. The maximum atomic E-state index is 2.37. The summed E-state index contributed by atoms with van der Waals surface area (Å²) in [4.78, 5) is 0. The van der Waals surface area contributed by atoms with E-state index in [0.717, 1.165) is 0 Å². The van der Waals surface area contributed by atoms with E-state index in [2.05, 4.69) is 231 Å². The van der Waals surface area contributed by atoms with E-state index in [1.54, 1.807) is 0 Å². The average molecular weight is 735 g/mol. The monoisotopic (exact) mass is 734 g/mol. The van der Waals surface area contributed by atoms with Crippen LogP contribution in [0.15, 0.2) is 231 Å². The third-order valence-corrected chi connectivity index (χ3v) is 11.8. The molecule has 11 rings (SSSR count). The molecule has 0 heteroatoms. The van der Waals surface area contributed by atoms with Crippen LogP contribution in [0, 0.1) is 0 Å². The van der Waals surface area contributed by atoms with Crippen LogP contribution in [0.1, 0.15) is 0 Å². The van der Waals surface area contributed by atoms with Crippen LogP contribution in [0.5, 0.6) is 0 Å². The normalized spacial score (nSPS) is 11.4. The maximum absolute atomic E-state index is 2.37. The van der Waals surface area contributed by atoms with E-state index in [1.807, 2.05) is 0 Å². The minimum atomic E-state index is 1.20. The lowest BCUT2D eigenvalue weighted by atomic mass is 9.82. The average Bonchev–Trinajstić information content (AvgIpc) is 3.30. The summed E-state index contributed by atoms with van der Waals surface area (Å²) in [6, 6.07) is 84.8. The molecule has 0 aliphatic rings. The molecule has 0 fully saturated rings. The van der Waals surface area contributed by atoms with Crippen molar-refractivity contribution in [2.45, 2.75) is 0 Å². The first-order valence-corrected chi connectivity index (χ1v) is 20.1. The van der Waals surface area contributed by atoms with Crippen LogP contribution in [-0.4, -0.2) is 0 Å². The summed E-state index contributed by atoms with van der Waals surface area (Å²) in [5.41, 5.74) is 14.6. The lowest BCUT2D eigenvalue weighted by molar-refractivity contribution is 1.58. The summed E-state index contributed by atoms with van der Waals surface area (Å²) in [5, 5.41) is 9.96. The third-order valence-electron chi connectivity index (χ3n) is 11.8. The van der Waals surface area contributed by atoms with Crippen molar-refractivity contribution in [1.29, 1.82) is 0 Å². The SMILES string of the molecule is c1ccc(-c2c(-c3cccc(-c4ccc5ccccc5c4)c3)ccc3c(-c4cccc5ccccc45)c(-c4cccc(-c5ccc6ccccc6c5)c4)ccc23)cc1. The second-order valence-electron chi connectivity index (χ2n) is 15.2. The Kier molecular flexibility index (Phi) is 8.26. The molecular formula is C58H38. The van der Waals surface area contributed by atoms with Crippen molar-refractivity contribution in [2.24, 2.45) is 0 Å². The van der Waals surface area contributed by atoms with Crippen molar-refractivity contribution < 1.29 is 0 Å². The van der Waals surface area contributed by atoms with Gasteiger partial charge in [-0.15, -0.1) is 0 Å². The fourth-order valence-electron chi connectivity index (χ4n) is 9.01. The molecule has 0 aromatic heterocycles. The van der Waals surface area contributed by atoms with Gasteiger partial charge in [0.1, 0.15) is 0 Å². The zero-order chi connectivity index (χ0) is 38.4. The zero-order valence-electron chi connectivity index (χ0n) is 31.9. The van der Waals surface area contributed by atoms with Crippen LogP contribution in [-0.2, 0) is 0 Å². The second-order valence-corrected chi connectivity index (χ2v) is 15.2. The fraction of sp³-hybridized carbons (Fsp3) is 0. The summed E-state index contributed by atoms with van der Waals surface area (Å²) < 4.78 is 0. The summed E-state index contributed by atoms with van der Waals surface area (Å²) in [7, 11) is 0. The number of hydrogen-bond donors (Lipinski definition) is 0. The minimum absolute atomic E-state index is 1.20. The summed E-state index contributed by atoms with van der Waals surface area (Å²) >= 11 is 0. The van der Waals surface area contributed by atoms with Gasteiger partial charge in [0, 0.05) is 0 Å². The van der Waals surface area contributed by atoms with Crippen LogP contribution >= 0.6 is 0 Å². The largest absolute Gasteiger partial charge is 0.0622 e. The summed E-state index contributed by atoms with van der Waals surface area (Å²) in [5.74, 6) is 0. The van der Waals surface area contributed by atoms with Crippen molar-refractivity contribution in [3.63, 3.8) is 0 Å². The van der Waals surface area contributed by atoms with Gasteiger partial charge in [0.05, 0.1) is 0 Å². The second kappa shape index (κ2) is 14.2. The molecule has 0 saturated heterocycles. The van der Waals surface area contributed by atoms with Crippen LogP contribution < -0.4 is 0 Å². The molecule has 0 N–H and O–H groups in total. The number of fused-ring (bicyclic) bond motifs is 4. The molecule has 58 heavy (non-hydrogen) atoms. The van der Waals surface area contributed by atoms with Gasteiger partial charge in [-0.2, -0.15) is 0 Å². The van der Waals surface area contributed by atoms with Crippen molar-refractivity contribution in [1.82, 2.24) is 0 Å². The van der Waals surface area contributed by atoms with Gasteiger partial charge in [0.15, 0.2) is 0 Å². The van der Waals surface area contributed by atoms with Gasteiger partial charge in [-0.05, 0) is 134 Å². The van der Waals surface area contributed by atoms with Gasteiger partial charge in [-0.25, -0.2) is 0 Å². The highest BCUT2D eigenvalue weighted by Crippen LogP contribution is 2.47. The zero-order valence-corrected chi connectivity index (χ0v) is 31.9. The molecule has 0 atom stereocenters. The summed E-state index contributed by atoms with van der Waals surface area (Å²) in [6.07, 6.45) is 0. The van der Waals surface area contributed by atoms with Crippen LogP contribution in [0.4, 0.5) is 0 Å². The van der Waals surface area contributed by atoms with Crippen molar-refractivity contribution in [3.8, 4) is 66.8 Å². The molecule has 0 aliphatic carbocycles. The van der Waals surface area contributed by atoms with Gasteiger partial charge in [-0.3, -0.25) is 0 Å². The van der Waals surface area contributed by atoms with Crippen LogP contribution in [0.3, 0.4) is 0 Å². The number of benzene rings is 11. The fourth-order valence-corrected chi connectivity index (χ4v) is 9.01. The smallest absolute Gasteiger partial charge is 0.00204 e. The minimum Gasteiger partial charge on any atom is -0.0622 e. The van der Waals surface area contributed by atoms with Gasteiger partial charge in [-0.1, -0.05) is 206 Å². The predicted octanol–water partition coefficient (Wildman–Crippen LogP) is 16.3. The topological polar surface area (TPSA) is 0 Å². The van der Waals surface area contributed by atoms with E-state index in [1.165, 1.54) is 110 Å². The Labute approximate surface area is 339 Å². The first-order chi connectivity index (χ1) is 28.7. The molecule has 11 aromatic rings. The molecule has 0 aliphatic heterocycles.